The van der Waals surface area contributed by atoms with Gasteiger partial charge in [0.2, 0.25) is 0 Å². The maximum absolute atomic E-state index is 12.8. The van der Waals surface area contributed by atoms with Crippen molar-refractivity contribution in [1.82, 2.24) is 4.90 Å². The topological polar surface area (TPSA) is 70.0 Å². The molecule has 0 spiro atoms. The predicted octanol–water partition coefficient (Wildman–Crippen LogP) is 2.41. The highest BCUT2D eigenvalue weighted by Crippen LogP contribution is 2.36. The fourth-order valence-corrected chi connectivity index (χ4v) is 3.66. The van der Waals surface area contributed by atoms with Crippen molar-refractivity contribution in [3.05, 3.63) is 42.0 Å². The van der Waals surface area contributed by atoms with Crippen LogP contribution in [0.3, 0.4) is 0 Å². The molecule has 0 bridgehead atoms. The van der Waals surface area contributed by atoms with Crippen LogP contribution < -0.4 is 4.74 Å². The number of carbonyl (C=O) groups is 1. The molecule has 5 heteroatoms. The Morgan fingerprint density at radius 1 is 1.52 bits per heavy atom. The van der Waals surface area contributed by atoms with Gasteiger partial charge in [0.1, 0.15) is 5.75 Å². The fraction of sp³-hybridized carbons (Fsp3) is 0.550. The number of β-amino-alcohol motifs (C(OH)–C–C–N with tert-alkyl or cyclic N) is 1. The lowest BCUT2D eigenvalue weighted by molar-refractivity contribution is -0.0713. The summed E-state index contributed by atoms with van der Waals surface area (Å²) in [5.41, 5.74) is 1.01. The smallest absolute Gasteiger partial charge is 0.253 e. The average molecular weight is 347 g/mol. The molecular weight excluding hydrogens is 318 g/mol. The van der Waals surface area contributed by atoms with E-state index < -0.39 is 11.5 Å². The number of ether oxygens (including phenoxy) is 1. The molecule has 1 saturated heterocycles. The van der Waals surface area contributed by atoms with Crippen molar-refractivity contribution in [2.24, 2.45) is 5.41 Å². The van der Waals surface area contributed by atoms with E-state index in [1.54, 1.807) is 30.2 Å². The Morgan fingerprint density at radius 2 is 2.28 bits per heavy atom. The Labute approximate surface area is 149 Å². The van der Waals surface area contributed by atoms with Gasteiger partial charge in [-0.05, 0) is 43.0 Å². The van der Waals surface area contributed by atoms with Crippen molar-refractivity contribution in [2.45, 2.75) is 38.7 Å². The van der Waals surface area contributed by atoms with Crippen LogP contribution in [-0.4, -0.2) is 53.9 Å². The number of carbonyl (C=O) groups excluding carboxylic acids is 1. The molecule has 0 aromatic heterocycles. The van der Waals surface area contributed by atoms with E-state index in [0.29, 0.717) is 24.9 Å². The quantitative estimate of drug-likeness (QED) is 0.743. The summed E-state index contributed by atoms with van der Waals surface area (Å²) in [5, 5.41) is 20.3. The van der Waals surface area contributed by atoms with Gasteiger partial charge in [-0.15, -0.1) is 6.58 Å². The van der Waals surface area contributed by atoms with E-state index in [1.807, 2.05) is 13.0 Å². The van der Waals surface area contributed by atoms with Gasteiger partial charge in [0.05, 0.1) is 19.8 Å². The van der Waals surface area contributed by atoms with Crippen molar-refractivity contribution in [3.63, 3.8) is 0 Å². The standard InChI is InChI=1S/C20H29NO4/c1-4-6-15-12-16(7-8-17(15)25-3)19(24)21-11-10-20(14-22,9-5-2)18(23)13-21/h4,7-8,12,18,22-23H,1,5-6,9-11,13-14H2,2-3H3/t18-,20-/m1/s1. The second-order valence-corrected chi connectivity index (χ2v) is 6.81. The van der Waals surface area contributed by atoms with Gasteiger partial charge in [0, 0.05) is 24.1 Å². The number of nitrogens with zero attached hydrogens (tertiary/aromatic N) is 1. The summed E-state index contributed by atoms with van der Waals surface area (Å²) in [6.07, 6.45) is 3.96. The highest BCUT2D eigenvalue weighted by Gasteiger charge is 2.42. The molecule has 2 atom stereocenters. The van der Waals surface area contributed by atoms with Gasteiger partial charge < -0.3 is 19.8 Å². The predicted molar refractivity (Wildman–Crippen MR) is 97.8 cm³/mol. The minimum Gasteiger partial charge on any atom is -0.496 e. The molecular formula is C20H29NO4. The molecule has 2 N–H and O–H groups in total. The molecule has 1 heterocycles. The van der Waals surface area contributed by atoms with Crippen molar-refractivity contribution in [3.8, 4) is 5.75 Å². The molecule has 0 saturated carbocycles. The van der Waals surface area contributed by atoms with Crippen LogP contribution in [0.2, 0.25) is 0 Å². The third-order valence-electron chi connectivity index (χ3n) is 5.22. The van der Waals surface area contributed by atoms with Crippen LogP contribution >= 0.6 is 0 Å². The lowest BCUT2D eigenvalue weighted by Crippen LogP contribution is -2.54. The fourth-order valence-electron chi connectivity index (χ4n) is 3.66. The summed E-state index contributed by atoms with van der Waals surface area (Å²) in [6.45, 7) is 6.53. The van der Waals surface area contributed by atoms with E-state index in [1.165, 1.54) is 0 Å². The molecule has 25 heavy (non-hydrogen) atoms. The molecule has 138 valence electrons. The lowest BCUT2D eigenvalue weighted by atomic mass is 9.73. The second-order valence-electron chi connectivity index (χ2n) is 6.81. The first-order valence-electron chi connectivity index (χ1n) is 8.87. The first-order chi connectivity index (χ1) is 12.0. The van der Waals surface area contributed by atoms with Gasteiger partial charge in [0.15, 0.2) is 0 Å². The number of benzene rings is 1. The number of aliphatic hydroxyl groups excluding tert-OH is 2. The van der Waals surface area contributed by atoms with Crippen molar-refractivity contribution < 1.29 is 19.7 Å². The summed E-state index contributed by atoms with van der Waals surface area (Å²) in [4.78, 5) is 14.5. The summed E-state index contributed by atoms with van der Waals surface area (Å²) in [6, 6.07) is 5.37. The number of allylic oxidation sites excluding steroid dienone is 1. The third kappa shape index (κ3) is 4.05. The first-order valence-corrected chi connectivity index (χ1v) is 8.87. The van der Waals surface area contributed by atoms with Gasteiger partial charge in [-0.2, -0.15) is 0 Å². The van der Waals surface area contributed by atoms with Gasteiger partial charge in [-0.1, -0.05) is 19.4 Å². The highest BCUT2D eigenvalue weighted by molar-refractivity contribution is 5.94. The van der Waals surface area contributed by atoms with Gasteiger partial charge in [0.25, 0.3) is 5.91 Å². The zero-order valence-corrected chi connectivity index (χ0v) is 15.2. The van der Waals surface area contributed by atoms with Crippen LogP contribution in [0.1, 0.15) is 42.1 Å². The van der Waals surface area contributed by atoms with Crippen LogP contribution in [0.25, 0.3) is 0 Å². The SMILES string of the molecule is C=CCc1cc(C(=O)N2CC[C@@](CO)(CCC)[C@H](O)C2)ccc1OC. The largest absolute Gasteiger partial charge is 0.496 e. The molecule has 0 aliphatic carbocycles. The van der Waals surface area contributed by atoms with Gasteiger partial charge in [-0.3, -0.25) is 4.79 Å². The molecule has 1 fully saturated rings. The van der Waals surface area contributed by atoms with Crippen LogP contribution in [0.5, 0.6) is 5.75 Å². The maximum Gasteiger partial charge on any atom is 0.253 e. The molecule has 1 aromatic rings. The molecule has 0 radical (unpaired) electrons. The Morgan fingerprint density at radius 3 is 2.84 bits per heavy atom. The van der Waals surface area contributed by atoms with Crippen LogP contribution in [-0.2, 0) is 6.42 Å². The number of likely N-dealkylation sites (tertiary alicyclic amines) is 1. The Bertz CT molecular complexity index is 616. The number of rotatable bonds is 7. The van der Waals surface area contributed by atoms with E-state index in [9.17, 15) is 15.0 Å². The third-order valence-corrected chi connectivity index (χ3v) is 5.22. The molecule has 1 aromatic carbocycles. The Hall–Kier alpha value is -1.85. The monoisotopic (exact) mass is 347 g/mol. The number of methoxy groups -OCH3 is 1. The molecule has 5 nitrogen and oxygen atoms in total. The Balaban J connectivity index is 2.17. The van der Waals surface area contributed by atoms with E-state index >= 15 is 0 Å². The van der Waals surface area contributed by atoms with E-state index in [4.69, 9.17) is 4.74 Å². The number of hydrogen-bond donors (Lipinski definition) is 2. The van der Waals surface area contributed by atoms with Crippen LogP contribution in [0.15, 0.2) is 30.9 Å². The zero-order chi connectivity index (χ0) is 18.4. The second kappa shape index (κ2) is 8.50. The number of aliphatic hydroxyl groups is 2. The average Bonchev–Trinajstić information content (AvgIpc) is 2.63. The minimum atomic E-state index is -0.707. The number of hydrogen-bond acceptors (Lipinski definition) is 4. The summed E-state index contributed by atoms with van der Waals surface area (Å²) in [7, 11) is 1.60. The molecule has 0 unspecified atom stereocenters. The van der Waals surface area contributed by atoms with Crippen molar-refractivity contribution in [1.29, 1.82) is 0 Å². The molecule has 1 aliphatic heterocycles. The van der Waals surface area contributed by atoms with Gasteiger partial charge in [-0.25, -0.2) is 0 Å². The van der Waals surface area contributed by atoms with Crippen molar-refractivity contribution in [2.75, 3.05) is 26.8 Å². The highest BCUT2D eigenvalue weighted by atomic mass is 16.5. The molecule has 2 rings (SSSR count). The molecule has 1 aliphatic rings. The summed E-state index contributed by atoms with van der Waals surface area (Å²) in [5.74, 6) is 0.632. The van der Waals surface area contributed by atoms with Gasteiger partial charge >= 0.3 is 0 Å². The summed E-state index contributed by atoms with van der Waals surface area (Å²) < 4.78 is 5.32. The first kappa shape index (κ1) is 19.5. The lowest BCUT2D eigenvalue weighted by Gasteiger charge is -2.44. The zero-order valence-electron chi connectivity index (χ0n) is 15.2. The maximum atomic E-state index is 12.8. The molecule has 1 amide bonds. The minimum absolute atomic E-state index is 0.0456. The Kier molecular flexibility index (Phi) is 6.62. The van der Waals surface area contributed by atoms with Crippen LogP contribution in [0, 0.1) is 5.41 Å². The number of amides is 1. The van der Waals surface area contributed by atoms with E-state index in [-0.39, 0.29) is 19.1 Å². The van der Waals surface area contributed by atoms with E-state index in [0.717, 1.165) is 24.2 Å². The van der Waals surface area contributed by atoms with Crippen molar-refractivity contribution >= 4 is 5.91 Å². The van der Waals surface area contributed by atoms with Crippen LogP contribution in [0.4, 0.5) is 0 Å². The van der Waals surface area contributed by atoms with E-state index in [2.05, 4.69) is 6.58 Å². The normalized spacial score (nSPS) is 23.4. The number of piperidine rings is 1. The summed E-state index contributed by atoms with van der Waals surface area (Å²) >= 11 is 0.